The van der Waals surface area contributed by atoms with Crippen LogP contribution in [0, 0.1) is 6.92 Å². The lowest BCUT2D eigenvalue weighted by Crippen LogP contribution is -2.10. The van der Waals surface area contributed by atoms with Crippen LogP contribution in [0.1, 0.15) is 30.9 Å². The minimum absolute atomic E-state index is 0.00461. The van der Waals surface area contributed by atoms with E-state index in [9.17, 15) is 13.6 Å². The largest absolute Gasteiger partial charge is 0.768 e. The van der Waals surface area contributed by atoms with Crippen LogP contribution in [0.25, 0.3) is 0 Å². The molecule has 1 unspecified atom stereocenters. The van der Waals surface area contributed by atoms with Gasteiger partial charge in [-0.3, -0.25) is 4.21 Å². The summed E-state index contributed by atoms with van der Waals surface area (Å²) in [6.07, 6.45) is 0. The third-order valence-electron chi connectivity index (χ3n) is 2.43. The molecule has 1 aromatic carbocycles. The maximum absolute atomic E-state index is 11.2. The number of rotatable bonds is 5. The van der Waals surface area contributed by atoms with Crippen molar-refractivity contribution in [1.29, 1.82) is 0 Å². The van der Waals surface area contributed by atoms with Gasteiger partial charge >= 0.3 is 5.97 Å². The fraction of sp³-hybridized carbons (Fsp3) is 0.417. The molecule has 6 heteroatoms. The Labute approximate surface area is 108 Å². The van der Waals surface area contributed by atoms with Crippen LogP contribution in [0.2, 0.25) is 0 Å². The fourth-order valence-electron chi connectivity index (χ4n) is 1.65. The zero-order chi connectivity index (χ0) is 13.9. The molecule has 0 saturated heterocycles. The molecule has 0 aliphatic heterocycles. The Morgan fingerprint density at radius 3 is 2.56 bits per heavy atom. The second-order valence-corrected chi connectivity index (χ2v) is 5.11. The molecule has 1 N–H and O–H groups in total. The van der Waals surface area contributed by atoms with Gasteiger partial charge in [-0.05, 0) is 47.2 Å². The number of aryl methyl sites for hydroxylation is 1. The van der Waals surface area contributed by atoms with Gasteiger partial charge in [-0.15, -0.1) is 0 Å². The van der Waals surface area contributed by atoms with E-state index in [0.717, 1.165) is 0 Å². The van der Waals surface area contributed by atoms with Gasteiger partial charge in [0.2, 0.25) is 0 Å². The average molecular weight is 271 g/mol. The molecule has 18 heavy (non-hydrogen) atoms. The van der Waals surface area contributed by atoms with Crippen molar-refractivity contribution in [2.75, 3.05) is 6.61 Å². The molecular formula is C12H15O5S-. The summed E-state index contributed by atoms with van der Waals surface area (Å²) in [6, 6.07) is 3.10. The Morgan fingerprint density at radius 2 is 2.11 bits per heavy atom. The maximum atomic E-state index is 11.2. The normalized spacial score (nSPS) is 12.5. The van der Waals surface area contributed by atoms with Crippen molar-refractivity contribution in [2.24, 2.45) is 0 Å². The first kappa shape index (κ1) is 14.7. The number of carboxylic acids is 1. The maximum Gasteiger partial charge on any atom is 0.341 e. The first-order valence-electron chi connectivity index (χ1n) is 5.41. The minimum atomic E-state index is -2.32. The van der Waals surface area contributed by atoms with Crippen molar-refractivity contribution in [3.8, 4) is 5.75 Å². The van der Waals surface area contributed by atoms with Crippen molar-refractivity contribution in [2.45, 2.75) is 31.6 Å². The summed E-state index contributed by atoms with van der Waals surface area (Å²) in [5.41, 5.74) is 1.18. The number of ether oxygens (including phenoxy) is 1. The van der Waals surface area contributed by atoms with Crippen LogP contribution in [0.3, 0.4) is 0 Å². The Morgan fingerprint density at radius 1 is 1.50 bits per heavy atom. The van der Waals surface area contributed by atoms with Gasteiger partial charge in [0.05, 0.1) is 0 Å². The van der Waals surface area contributed by atoms with Crippen molar-refractivity contribution in [1.82, 2.24) is 0 Å². The van der Waals surface area contributed by atoms with E-state index in [1.54, 1.807) is 13.0 Å². The molecule has 5 nitrogen and oxygen atoms in total. The van der Waals surface area contributed by atoms with Gasteiger partial charge in [0.1, 0.15) is 5.75 Å². The Bertz CT molecular complexity index is 482. The number of carbonyl (C=O) groups is 1. The topological polar surface area (TPSA) is 86.7 Å². The molecule has 0 aromatic heterocycles. The van der Waals surface area contributed by atoms with Gasteiger partial charge in [0.25, 0.3) is 0 Å². The highest BCUT2D eigenvalue weighted by Gasteiger charge is 2.13. The van der Waals surface area contributed by atoms with Crippen LogP contribution in [-0.4, -0.2) is 26.4 Å². The SMILES string of the molecule is Cc1cc(OCC(=O)O)cc(C(C)C)c1S(=O)[O-]. The lowest BCUT2D eigenvalue weighted by molar-refractivity contribution is -0.139. The molecule has 0 aliphatic carbocycles. The number of benzene rings is 1. The molecule has 1 rings (SSSR count). The highest BCUT2D eigenvalue weighted by molar-refractivity contribution is 7.79. The van der Waals surface area contributed by atoms with E-state index in [4.69, 9.17) is 9.84 Å². The summed E-state index contributed by atoms with van der Waals surface area (Å²) in [6.45, 7) is 4.94. The molecule has 100 valence electrons. The zero-order valence-corrected chi connectivity index (χ0v) is 11.2. The summed E-state index contributed by atoms with van der Waals surface area (Å²) < 4.78 is 27.5. The van der Waals surface area contributed by atoms with Gasteiger partial charge in [0.15, 0.2) is 6.61 Å². The van der Waals surface area contributed by atoms with Crippen molar-refractivity contribution in [3.05, 3.63) is 23.3 Å². The quantitative estimate of drug-likeness (QED) is 0.825. The minimum Gasteiger partial charge on any atom is -0.768 e. The lowest BCUT2D eigenvalue weighted by atomic mass is 10.0. The smallest absolute Gasteiger partial charge is 0.341 e. The summed E-state index contributed by atoms with van der Waals surface area (Å²) in [7, 11) is 0. The van der Waals surface area contributed by atoms with Crippen LogP contribution >= 0.6 is 0 Å². The lowest BCUT2D eigenvalue weighted by Gasteiger charge is -2.19. The third-order valence-corrected chi connectivity index (χ3v) is 3.32. The second kappa shape index (κ2) is 5.97. The zero-order valence-electron chi connectivity index (χ0n) is 10.4. The number of carboxylic acid groups (broad SMARTS) is 1. The van der Waals surface area contributed by atoms with Gasteiger partial charge in [-0.25, -0.2) is 4.79 Å². The van der Waals surface area contributed by atoms with Crippen molar-refractivity contribution >= 4 is 17.0 Å². The molecule has 0 spiro atoms. The number of hydrogen-bond donors (Lipinski definition) is 1. The van der Waals surface area contributed by atoms with E-state index in [-0.39, 0.29) is 10.8 Å². The first-order chi connectivity index (χ1) is 8.32. The Balaban J connectivity index is 3.19. The highest BCUT2D eigenvalue weighted by Crippen LogP contribution is 2.30. The Hall–Kier alpha value is -1.40. The summed E-state index contributed by atoms with van der Waals surface area (Å²) >= 11 is -2.32. The standard InChI is InChI=1S/C12H16O5S/c1-7(2)10-5-9(17-6-11(13)14)4-8(3)12(10)18(15)16/h4-5,7H,6H2,1-3H3,(H,13,14)(H,15,16)/p-1. The average Bonchev–Trinajstić information content (AvgIpc) is 2.24. The van der Waals surface area contributed by atoms with Gasteiger partial charge in [-0.1, -0.05) is 13.8 Å². The molecule has 1 aromatic rings. The van der Waals surface area contributed by atoms with Crippen LogP contribution in [0.15, 0.2) is 17.0 Å². The first-order valence-corrected chi connectivity index (χ1v) is 6.48. The molecule has 0 fully saturated rings. The van der Waals surface area contributed by atoms with Gasteiger partial charge in [0, 0.05) is 4.90 Å². The van der Waals surface area contributed by atoms with Crippen LogP contribution in [0.5, 0.6) is 5.75 Å². The molecule has 0 saturated carbocycles. The van der Waals surface area contributed by atoms with Crippen LogP contribution in [0.4, 0.5) is 0 Å². The summed E-state index contributed by atoms with van der Waals surface area (Å²) in [5, 5.41) is 8.54. The molecule has 1 atom stereocenters. The monoisotopic (exact) mass is 271 g/mol. The second-order valence-electron chi connectivity index (χ2n) is 4.23. The number of hydrogen-bond acceptors (Lipinski definition) is 4. The molecule has 0 bridgehead atoms. The van der Waals surface area contributed by atoms with E-state index in [1.807, 2.05) is 13.8 Å². The van der Waals surface area contributed by atoms with Gasteiger partial charge in [-0.2, -0.15) is 0 Å². The van der Waals surface area contributed by atoms with Crippen molar-refractivity contribution in [3.63, 3.8) is 0 Å². The Kier molecular flexibility index (Phi) is 4.86. The number of aliphatic carboxylic acids is 1. The van der Waals surface area contributed by atoms with E-state index < -0.39 is 23.7 Å². The van der Waals surface area contributed by atoms with Gasteiger partial charge < -0.3 is 14.4 Å². The molecule has 0 radical (unpaired) electrons. The van der Waals surface area contributed by atoms with Crippen molar-refractivity contribution < 1.29 is 23.4 Å². The molecule has 0 heterocycles. The van der Waals surface area contributed by atoms with Crippen LogP contribution in [-0.2, 0) is 15.9 Å². The highest BCUT2D eigenvalue weighted by atomic mass is 32.2. The predicted octanol–water partition coefficient (Wildman–Crippen LogP) is 1.82. The molecule has 0 amide bonds. The molecular weight excluding hydrogens is 256 g/mol. The fourth-order valence-corrected chi connectivity index (χ4v) is 2.46. The van der Waals surface area contributed by atoms with E-state index in [0.29, 0.717) is 16.9 Å². The summed E-state index contributed by atoms with van der Waals surface area (Å²) in [4.78, 5) is 10.7. The van der Waals surface area contributed by atoms with E-state index in [2.05, 4.69) is 0 Å². The van der Waals surface area contributed by atoms with E-state index in [1.165, 1.54) is 6.07 Å². The third kappa shape index (κ3) is 3.54. The molecule has 0 aliphatic rings. The van der Waals surface area contributed by atoms with Crippen LogP contribution < -0.4 is 4.74 Å². The van der Waals surface area contributed by atoms with E-state index >= 15 is 0 Å². The summed E-state index contributed by atoms with van der Waals surface area (Å²) in [5.74, 6) is -0.701. The predicted molar refractivity (Wildman–Crippen MR) is 65.6 cm³/mol.